The molecule has 1 aromatic carbocycles. The van der Waals surface area contributed by atoms with Gasteiger partial charge in [-0.25, -0.2) is 0 Å². The van der Waals surface area contributed by atoms with Crippen LogP contribution in [0.1, 0.15) is 11.1 Å². The molecule has 0 saturated carbocycles. The Morgan fingerprint density at radius 2 is 1.55 bits per heavy atom. The average molecular weight is 380 g/mol. The number of aryl methyl sites for hydroxylation is 2. The summed E-state index contributed by atoms with van der Waals surface area (Å²) in [6.07, 6.45) is 0. The molecule has 0 heterocycles. The minimum absolute atomic E-state index is 1.25. The van der Waals surface area contributed by atoms with Crippen LogP contribution in [0, 0.1) is 13.8 Å². The van der Waals surface area contributed by atoms with Crippen molar-refractivity contribution in [1.82, 2.24) is 0 Å². The van der Waals surface area contributed by atoms with E-state index >= 15 is 0 Å². The average Bonchev–Trinajstić information content (AvgIpc) is 1.85. The first kappa shape index (κ1) is 9.81. The van der Waals surface area contributed by atoms with Gasteiger partial charge in [0.15, 0.2) is 0 Å². The summed E-state index contributed by atoms with van der Waals surface area (Å²) in [5.41, 5.74) is 2.50. The molecule has 0 aliphatic heterocycles. The van der Waals surface area contributed by atoms with Crippen LogP contribution in [0.3, 0.4) is 0 Å². The fourth-order valence-corrected chi connectivity index (χ4v) is 10.6. The first-order valence-corrected chi connectivity index (χ1v) is 16.8. The summed E-state index contributed by atoms with van der Waals surface area (Å²) in [6.45, 7) is 4.14. The Balaban J connectivity index is 3.21. The molecule has 0 saturated heterocycles. The Morgan fingerprint density at radius 1 is 1.09 bits per heavy atom. The van der Waals surface area contributed by atoms with Crippen molar-refractivity contribution in [2.45, 2.75) is 13.8 Å². The molecular formula is C8H9Cl2Tl. The summed E-state index contributed by atoms with van der Waals surface area (Å²) < 4.78 is 1.26. The van der Waals surface area contributed by atoms with Crippen molar-refractivity contribution < 1.29 is 0 Å². The molecule has 0 unspecified atom stereocenters. The van der Waals surface area contributed by atoms with E-state index in [-0.39, 0.29) is 0 Å². The van der Waals surface area contributed by atoms with Gasteiger partial charge >= 0.3 is 83.2 Å². The molecule has 0 aliphatic rings. The number of benzene rings is 1. The summed E-state index contributed by atoms with van der Waals surface area (Å²) in [7, 11) is 12.0. The summed E-state index contributed by atoms with van der Waals surface area (Å²) in [4.78, 5) is 0. The van der Waals surface area contributed by atoms with Crippen molar-refractivity contribution in [3.05, 3.63) is 29.3 Å². The molecule has 0 bridgehead atoms. The van der Waals surface area contributed by atoms with E-state index in [1.807, 2.05) is 6.07 Å². The van der Waals surface area contributed by atoms with Crippen molar-refractivity contribution in [3.63, 3.8) is 0 Å². The number of hydrogen-bond acceptors (Lipinski definition) is 0. The number of hydrogen-bond donors (Lipinski definition) is 0. The Kier molecular flexibility index (Phi) is 3.66. The van der Waals surface area contributed by atoms with Gasteiger partial charge in [-0.3, -0.25) is 0 Å². The van der Waals surface area contributed by atoms with Gasteiger partial charge in [-0.15, -0.1) is 0 Å². The molecule has 0 radical (unpaired) electrons. The van der Waals surface area contributed by atoms with Crippen molar-refractivity contribution >= 4 is 40.0 Å². The minimum atomic E-state index is -2.42. The maximum absolute atomic E-state index is 6.00. The zero-order chi connectivity index (χ0) is 8.43. The monoisotopic (exact) mass is 380 g/mol. The van der Waals surface area contributed by atoms with Crippen LogP contribution in [0.4, 0.5) is 0 Å². The van der Waals surface area contributed by atoms with Crippen LogP contribution in [0.5, 0.6) is 0 Å². The Morgan fingerprint density at radius 3 is 1.82 bits per heavy atom. The fourth-order valence-electron chi connectivity index (χ4n) is 1.17. The van der Waals surface area contributed by atoms with E-state index in [2.05, 4.69) is 26.0 Å². The van der Waals surface area contributed by atoms with Gasteiger partial charge in [0.1, 0.15) is 0 Å². The van der Waals surface area contributed by atoms with E-state index in [9.17, 15) is 0 Å². The van der Waals surface area contributed by atoms with Gasteiger partial charge in [0.05, 0.1) is 0 Å². The van der Waals surface area contributed by atoms with Gasteiger partial charge in [0, 0.05) is 0 Å². The van der Waals surface area contributed by atoms with Gasteiger partial charge in [-0.1, -0.05) is 0 Å². The quantitative estimate of drug-likeness (QED) is 0.657. The molecular weight excluding hydrogens is 371 g/mol. The summed E-state index contributed by atoms with van der Waals surface area (Å²) in [6, 6.07) is 6.18. The molecule has 1 aromatic rings. The zero-order valence-corrected chi connectivity index (χ0v) is 12.6. The molecule has 3 heteroatoms. The Bertz CT molecular complexity index is 238. The summed E-state index contributed by atoms with van der Waals surface area (Å²) in [5.74, 6) is 0. The SMILES string of the molecule is Cc1cccc(C)[c]1[Tl]([Cl])[Cl]. The molecule has 0 aliphatic carbocycles. The second-order valence-corrected chi connectivity index (χ2v) is 16.8. The van der Waals surface area contributed by atoms with E-state index in [1.165, 1.54) is 14.2 Å². The predicted molar refractivity (Wildman–Crippen MR) is 53.0 cm³/mol. The normalized spacial score (nSPS) is 9.82. The molecule has 0 N–H and O–H groups in total. The molecule has 0 fully saturated rings. The molecule has 0 spiro atoms. The first-order valence-electron chi connectivity index (χ1n) is 3.47. The van der Waals surface area contributed by atoms with E-state index < -0.39 is 20.3 Å². The zero-order valence-electron chi connectivity index (χ0n) is 6.57. The standard InChI is InChI=1S/C8H9.2ClH.Tl/c1-7-4-3-5-8(2)6-7;;;/h3-5H,1-2H3;2*1H;/q;;;+2/p-2. The Labute approximate surface area is 82.6 Å². The van der Waals surface area contributed by atoms with E-state index in [4.69, 9.17) is 16.6 Å². The molecule has 0 aromatic heterocycles. The predicted octanol–water partition coefficient (Wildman–Crippen LogP) is 2.48. The van der Waals surface area contributed by atoms with Crippen molar-refractivity contribution in [1.29, 1.82) is 0 Å². The van der Waals surface area contributed by atoms with Crippen LogP contribution < -0.4 is 3.12 Å². The summed E-state index contributed by atoms with van der Waals surface area (Å²) in [5, 5.41) is 0. The Hall–Kier alpha value is 0.722. The first-order chi connectivity index (χ1) is 5.13. The van der Waals surface area contributed by atoms with Crippen LogP contribution in [0.15, 0.2) is 18.2 Å². The van der Waals surface area contributed by atoms with Crippen LogP contribution in [0.25, 0.3) is 0 Å². The van der Waals surface area contributed by atoms with Crippen LogP contribution >= 0.6 is 16.6 Å². The fraction of sp³-hybridized carbons (Fsp3) is 0.250. The molecule has 1 rings (SSSR count). The van der Waals surface area contributed by atoms with Crippen molar-refractivity contribution in [2.75, 3.05) is 0 Å². The van der Waals surface area contributed by atoms with Crippen LogP contribution in [0.2, 0.25) is 0 Å². The third-order valence-electron chi connectivity index (χ3n) is 1.76. The van der Waals surface area contributed by atoms with Crippen molar-refractivity contribution in [2.24, 2.45) is 0 Å². The second-order valence-electron chi connectivity index (χ2n) is 2.61. The molecule has 0 amide bonds. The van der Waals surface area contributed by atoms with Crippen LogP contribution in [-0.4, -0.2) is 20.3 Å². The third-order valence-corrected chi connectivity index (χ3v) is 10.8. The van der Waals surface area contributed by atoms with E-state index in [0.717, 1.165) is 0 Å². The third kappa shape index (κ3) is 2.33. The summed E-state index contributed by atoms with van der Waals surface area (Å²) >= 11 is -2.42. The number of rotatable bonds is 1. The van der Waals surface area contributed by atoms with Gasteiger partial charge < -0.3 is 0 Å². The molecule has 0 atom stereocenters. The second kappa shape index (κ2) is 4.10. The van der Waals surface area contributed by atoms with Crippen LogP contribution in [-0.2, 0) is 0 Å². The van der Waals surface area contributed by atoms with Gasteiger partial charge in [-0.2, -0.15) is 0 Å². The number of halogens is 2. The van der Waals surface area contributed by atoms with Gasteiger partial charge in [0.25, 0.3) is 0 Å². The van der Waals surface area contributed by atoms with E-state index in [0.29, 0.717) is 0 Å². The maximum atomic E-state index is 6.00. The molecule has 58 valence electrons. The molecule has 0 nitrogen and oxygen atoms in total. The topological polar surface area (TPSA) is 0 Å². The van der Waals surface area contributed by atoms with Crippen molar-refractivity contribution in [3.8, 4) is 0 Å². The van der Waals surface area contributed by atoms with E-state index in [1.54, 1.807) is 0 Å². The van der Waals surface area contributed by atoms with Gasteiger partial charge in [-0.05, 0) is 0 Å². The van der Waals surface area contributed by atoms with Gasteiger partial charge in [0.2, 0.25) is 0 Å². The molecule has 11 heavy (non-hydrogen) atoms.